The van der Waals surface area contributed by atoms with Crippen molar-refractivity contribution in [2.45, 2.75) is 32.6 Å². The van der Waals surface area contributed by atoms with Crippen molar-refractivity contribution in [3.63, 3.8) is 0 Å². The fourth-order valence-electron chi connectivity index (χ4n) is 6.06. The number of rotatable bonds is 7. The molecule has 2 unspecified atom stereocenters. The second-order valence-corrected chi connectivity index (χ2v) is 12.6. The van der Waals surface area contributed by atoms with Gasteiger partial charge in [0.05, 0.1) is 28.2 Å². The second-order valence-electron chi connectivity index (χ2n) is 12.6. The summed E-state index contributed by atoms with van der Waals surface area (Å²) in [6, 6.07) is 63.8. The van der Waals surface area contributed by atoms with E-state index in [1.54, 1.807) is 12.1 Å². The molecule has 54 heavy (non-hydrogen) atoms. The minimum absolute atomic E-state index is 0. The maximum Gasteiger partial charge on any atom is 0.213 e. The van der Waals surface area contributed by atoms with Crippen molar-refractivity contribution in [2.24, 2.45) is 0 Å². The van der Waals surface area contributed by atoms with Crippen LogP contribution in [0.5, 0.6) is 0 Å². The topological polar surface area (TPSA) is 51.6 Å². The van der Waals surface area contributed by atoms with E-state index in [0.29, 0.717) is 11.6 Å². The van der Waals surface area contributed by atoms with Gasteiger partial charge in [-0.25, -0.2) is 4.98 Å². The van der Waals surface area contributed by atoms with Gasteiger partial charge in [-0.1, -0.05) is 160 Å². The van der Waals surface area contributed by atoms with Crippen LogP contribution in [0.2, 0.25) is 0 Å². The van der Waals surface area contributed by atoms with Crippen molar-refractivity contribution in [2.75, 3.05) is 0 Å². The highest BCUT2D eigenvalue weighted by atomic mass is 19.1. The molecule has 0 saturated heterocycles. The van der Waals surface area contributed by atoms with Crippen LogP contribution in [0.4, 0.5) is 4.39 Å². The van der Waals surface area contributed by atoms with Gasteiger partial charge in [0.25, 0.3) is 0 Å². The Morgan fingerprint density at radius 1 is 0.463 bits per heavy atom. The maximum atomic E-state index is 12.7. The first-order chi connectivity index (χ1) is 26.0. The lowest BCUT2D eigenvalue weighted by Gasteiger charge is -2.29. The van der Waals surface area contributed by atoms with Crippen LogP contribution >= 0.6 is 0 Å². The average molecular weight is 709 g/mol. The lowest BCUT2D eigenvalue weighted by atomic mass is 9.76. The van der Waals surface area contributed by atoms with E-state index < -0.39 is 11.4 Å². The molecular formula is C49H45FN4. The summed E-state index contributed by atoms with van der Waals surface area (Å²) >= 11 is 0. The third-order valence-electron chi connectivity index (χ3n) is 9.07. The molecule has 4 heterocycles. The van der Waals surface area contributed by atoms with Crippen LogP contribution in [0, 0.1) is 5.95 Å². The molecule has 0 aliphatic heterocycles. The number of halogens is 1. The Labute approximate surface area is 319 Å². The van der Waals surface area contributed by atoms with Gasteiger partial charge in [-0.2, -0.15) is 4.39 Å². The molecule has 0 aliphatic carbocycles. The van der Waals surface area contributed by atoms with Crippen LogP contribution in [0.1, 0.15) is 55.4 Å². The van der Waals surface area contributed by atoms with Crippen LogP contribution in [0.3, 0.4) is 0 Å². The molecule has 8 aromatic rings. The molecule has 0 N–H and O–H groups in total. The van der Waals surface area contributed by atoms with Crippen molar-refractivity contribution in [3.8, 4) is 22.5 Å². The number of benzene rings is 4. The van der Waals surface area contributed by atoms with Crippen LogP contribution < -0.4 is 0 Å². The first kappa shape index (κ1) is 38.6. The van der Waals surface area contributed by atoms with E-state index >= 15 is 0 Å². The molecule has 2 atom stereocenters. The Kier molecular flexibility index (Phi) is 13.8. The third kappa shape index (κ3) is 9.84. The monoisotopic (exact) mass is 708 g/mol. The number of nitrogens with zero attached hydrogens (tertiary/aromatic N) is 4. The molecular weight excluding hydrogens is 664 g/mol. The molecule has 4 aromatic heterocycles. The average Bonchev–Trinajstić information content (AvgIpc) is 3.25. The van der Waals surface area contributed by atoms with Gasteiger partial charge in [-0.05, 0) is 66.6 Å². The number of hydrogen-bond acceptors (Lipinski definition) is 4. The predicted molar refractivity (Wildman–Crippen MR) is 220 cm³/mol. The summed E-state index contributed by atoms with van der Waals surface area (Å²) in [6.45, 7) is 4.37. The summed E-state index contributed by atoms with van der Waals surface area (Å²) in [4.78, 5) is 17.8. The van der Waals surface area contributed by atoms with Gasteiger partial charge in [-0.3, -0.25) is 15.0 Å². The molecule has 0 spiro atoms. The normalized spacial score (nSPS) is 11.9. The molecule has 4 nitrogen and oxygen atoms in total. The van der Waals surface area contributed by atoms with Crippen LogP contribution in [-0.2, 0) is 5.41 Å². The zero-order valence-corrected chi connectivity index (χ0v) is 29.9. The fraction of sp³-hybridized carbons (Fsp3) is 0.102. The molecule has 0 radical (unpaired) electrons. The Bertz CT molecular complexity index is 2170. The largest absolute Gasteiger partial charge is 0.261 e. The van der Waals surface area contributed by atoms with Gasteiger partial charge in [-0.15, -0.1) is 0 Å². The lowest BCUT2D eigenvalue weighted by molar-refractivity contribution is 0.585. The molecule has 5 heteroatoms. The minimum Gasteiger partial charge on any atom is -0.261 e. The van der Waals surface area contributed by atoms with Crippen LogP contribution in [-0.4, -0.2) is 19.9 Å². The predicted octanol–water partition coefficient (Wildman–Crippen LogP) is 12.3. The summed E-state index contributed by atoms with van der Waals surface area (Å²) < 4.78 is 12.7. The number of aromatic nitrogens is 4. The van der Waals surface area contributed by atoms with E-state index in [1.807, 2.05) is 97.3 Å². The van der Waals surface area contributed by atoms with E-state index in [0.717, 1.165) is 33.9 Å². The fourth-order valence-corrected chi connectivity index (χ4v) is 6.06. The van der Waals surface area contributed by atoms with Crippen molar-refractivity contribution in [1.82, 2.24) is 19.9 Å². The molecule has 0 bridgehead atoms. The molecule has 4 aromatic carbocycles. The molecule has 268 valence electrons. The van der Waals surface area contributed by atoms with Gasteiger partial charge >= 0.3 is 0 Å². The summed E-state index contributed by atoms with van der Waals surface area (Å²) in [5.74, 6) is -0.0706. The molecule has 0 aliphatic rings. The highest BCUT2D eigenvalue weighted by Gasteiger charge is 2.34. The van der Waals surface area contributed by atoms with E-state index in [4.69, 9.17) is 4.98 Å². The Hall–Kier alpha value is -6.59. The highest BCUT2D eigenvalue weighted by molar-refractivity contribution is 5.60. The summed E-state index contributed by atoms with van der Waals surface area (Å²) in [6.07, 6.45) is 3.69. The van der Waals surface area contributed by atoms with E-state index in [2.05, 4.69) is 120 Å². The lowest BCUT2D eigenvalue weighted by Crippen LogP contribution is -2.28. The third-order valence-corrected chi connectivity index (χ3v) is 9.07. The molecule has 8 rings (SSSR count). The summed E-state index contributed by atoms with van der Waals surface area (Å²) in [5, 5.41) is 0. The number of hydrogen-bond donors (Lipinski definition) is 0. The molecule has 0 saturated carbocycles. The Morgan fingerprint density at radius 3 is 1.48 bits per heavy atom. The highest BCUT2D eigenvalue weighted by Crippen LogP contribution is 2.37. The van der Waals surface area contributed by atoms with E-state index in [9.17, 15) is 4.39 Å². The first-order valence-corrected chi connectivity index (χ1v) is 17.7. The van der Waals surface area contributed by atoms with Gasteiger partial charge in [0, 0.05) is 35.1 Å². The van der Waals surface area contributed by atoms with Crippen LogP contribution in [0.25, 0.3) is 22.5 Å². The van der Waals surface area contributed by atoms with Crippen molar-refractivity contribution in [3.05, 3.63) is 241 Å². The molecule has 0 amide bonds. The quantitative estimate of drug-likeness (QED) is 0.155. The summed E-state index contributed by atoms with van der Waals surface area (Å²) in [5.41, 5.74) is 8.86. The maximum absolute atomic E-state index is 12.7. The van der Waals surface area contributed by atoms with Crippen molar-refractivity contribution >= 4 is 0 Å². The van der Waals surface area contributed by atoms with Gasteiger partial charge < -0.3 is 0 Å². The van der Waals surface area contributed by atoms with E-state index in [1.165, 1.54) is 17.2 Å². The van der Waals surface area contributed by atoms with E-state index in [-0.39, 0.29) is 7.43 Å². The zero-order valence-electron chi connectivity index (χ0n) is 29.9. The van der Waals surface area contributed by atoms with Crippen LogP contribution in [0.15, 0.2) is 207 Å². The van der Waals surface area contributed by atoms with Gasteiger partial charge in [0.2, 0.25) is 5.95 Å². The second kappa shape index (κ2) is 19.3. The summed E-state index contributed by atoms with van der Waals surface area (Å²) in [7, 11) is 0. The van der Waals surface area contributed by atoms with Crippen molar-refractivity contribution < 1.29 is 4.39 Å². The smallest absolute Gasteiger partial charge is 0.213 e. The van der Waals surface area contributed by atoms with Gasteiger partial charge in [0.1, 0.15) is 0 Å². The Balaban J connectivity index is 0.000000169. The Morgan fingerprint density at radius 2 is 0.944 bits per heavy atom. The van der Waals surface area contributed by atoms with Gasteiger partial charge in [0.15, 0.2) is 0 Å². The minimum atomic E-state index is -0.443. The molecule has 0 fully saturated rings. The SMILES string of the molecule is C.CC(c1ccccc1)(c1ccccn1)c1cccc(-c2ccccc2)n1.CC(c1ccccc1)c1ccccn1.Fc1cccc(-c2ccccc2)n1. The first-order valence-electron chi connectivity index (χ1n) is 17.7. The zero-order chi connectivity index (χ0) is 36.7. The van der Waals surface area contributed by atoms with Crippen molar-refractivity contribution in [1.29, 1.82) is 0 Å². The number of pyridine rings is 4. The standard InChI is InChI=1S/C24H20N2.C13H13N.C11H8FN.CH4/c1-24(20-13-6-3-7-14-20,22-16-8-9-18-25-22)23-17-10-15-21(26-23)19-11-4-2-5-12-19;1-11(12-7-3-2-4-8-12)13-9-5-6-10-14-13;12-11-8-4-7-10(13-11)9-5-2-1-3-6-9;/h2-18H,1H3;2-11H,1H3;1-8H;1H4.